The Morgan fingerprint density at radius 1 is 0.689 bits per heavy atom. The van der Waals surface area contributed by atoms with Crippen LogP contribution < -0.4 is 5.56 Å². The Hall–Kier alpha value is -5.06. The predicted molar refractivity (Wildman–Crippen MR) is 168 cm³/mol. The van der Waals surface area contributed by atoms with Gasteiger partial charge in [0.2, 0.25) is 0 Å². The molecule has 1 aliphatic rings. The van der Waals surface area contributed by atoms with Gasteiger partial charge >= 0.3 is 17.9 Å². The smallest absolute Gasteiger partial charge is 0.338 e. The van der Waals surface area contributed by atoms with Gasteiger partial charge in [0.05, 0.1) is 16.7 Å². The highest BCUT2D eigenvalue weighted by atomic mass is 79.9. The third-order valence-corrected chi connectivity index (χ3v) is 7.84. The van der Waals surface area contributed by atoms with Gasteiger partial charge in [-0.1, -0.05) is 76.6 Å². The van der Waals surface area contributed by atoms with Gasteiger partial charge in [0.15, 0.2) is 18.4 Å². The maximum absolute atomic E-state index is 13.8. The van der Waals surface area contributed by atoms with Crippen LogP contribution in [0.4, 0.5) is 0 Å². The van der Waals surface area contributed by atoms with Crippen LogP contribution in [0, 0.1) is 0 Å². The molecule has 1 aromatic heterocycles. The molecule has 1 fully saturated rings. The number of rotatable bonds is 8. The second-order valence-corrected chi connectivity index (χ2v) is 11.2. The molecule has 0 aliphatic carbocycles. The first-order valence-corrected chi connectivity index (χ1v) is 14.9. The van der Waals surface area contributed by atoms with Crippen molar-refractivity contribution >= 4 is 44.6 Å². The molecule has 1 saturated heterocycles. The van der Waals surface area contributed by atoms with Crippen LogP contribution >= 0.6 is 15.9 Å². The lowest BCUT2D eigenvalue weighted by Gasteiger charge is -2.25. The first-order valence-electron chi connectivity index (χ1n) is 14.1. The normalized spacial score (nSPS) is 19.1. The summed E-state index contributed by atoms with van der Waals surface area (Å²) in [5.41, 5.74) is 0.392. The van der Waals surface area contributed by atoms with E-state index in [1.165, 1.54) is 10.8 Å². The molecule has 1 aliphatic heterocycles. The molecule has 0 bridgehead atoms. The summed E-state index contributed by atoms with van der Waals surface area (Å²) in [6.07, 6.45) is -3.37. The van der Waals surface area contributed by atoms with Crippen molar-refractivity contribution < 1.29 is 33.3 Å². The second kappa shape index (κ2) is 13.3. The van der Waals surface area contributed by atoms with Crippen molar-refractivity contribution in [1.29, 1.82) is 0 Å². The van der Waals surface area contributed by atoms with Gasteiger partial charge in [-0.3, -0.25) is 9.36 Å². The highest BCUT2D eigenvalue weighted by Gasteiger charge is 2.51. The zero-order chi connectivity index (χ0) is 31.3. The summed E-state index contributed by atoms with van der Waals surface area (Å²) in [6.45, 7) is -0.357. The molecule has 0 unspecified atom stereocenters. The van der Waals surface area contributed by atoms with Gasteiger partial charge in [-0.15, -0.1) is 0 Å². The molecule has 5 aromatic rings. The molecule has 0 N–H and O–H groups in total. The monoisotopic (exact) mass is 667 g/mol. The first kappa shape index (κ1) is 30.0. The largest absolute Gasteiger partial charge is 0.459 e. The van der Waals surface area contributed by atoms with E-state index < -0.39 is 48.0 Å². The van der Waals surface area contributed by atoms with Gasteiger partial charge in [0.25, 0.3) is 5.56 Å². The Balaban J connectivity index is 1.40. The van der Waals surface area contributed by atoms with Crippen molar-refractivity contribution in [3.8, 4) is 0 Å². The highest BCUT2D eigenvalue weighted by Crippen LogP contribution is 2.35. The van der Waals surface area contributed by atoms with Crippen LogP contribution in [0.1, 0.15) is 37.3 Å². The number of hydrogen-bond donors (Lipinski definition) is 0. The fraction of sp³-hybridized carbons (Fsp3) is 0.143. The van der Waals surface area contributed by atoms with Crippen LogP contribution in [0.2, 0.25) is 0 Å². The minimum atomic E-state index is -1.30. The summed E-state index contributed by atoms with van der Waals surface area (Å²) in [4.78, 5) is 53.4. The number of esters is 3. The zero-order valence-corrected chi connectivity index (χ0v) is 25.2. The Bertz CT molecular complexity index is 1900. The quantitative estimate of drug-likeness (QED) is 0.147. The molecule has 4 atom stereocenters. The van der Waals surface area contributed by atoms with Crippen LogP contribution in [0.5, 0.6) is 0 Å². The third-order valence-electron chi connectivity index (χ3n) is 7.35. The van der Waals surface area contributed by atoms with Gasteiger partial charge in [0, 0.05) is 16.1 Å². The SMILES string of the molecule is O=C(OC[C@H]1O[C@@H](n2ccc3ccc(Br)cc3c2=O)[C@H](OC(=O)c2ccccc2)[C@H]1OC(=O)c1ccccc1)c1ccccc1. The standard InChI is InChI=1S/C35H26BrNO8/c36-26-17-16-22-18-19-37(31(38)27(22)20-26)32-30(45-35(41)25-14-8-3-9-15-25)29(44-34(40)24-12-6-2-7-13-24)28(43-32)21-42-33(39)23-10-4-1-5-11-23/h1-20,28-30,32H,21H2/t28-,29+,30-,32-/m1/s1. The molecule has 2 heterocycles. The van der Waals surface area contributed by atoms with Gasteiger partial charge in [-0.2, -0.15) is 0 Å². The summed E-state index contributed by atoms with van der Waals surface area (Å²) in [6, 6.07) is 32.0. The number of carbonyl (C=O) groups is 3. The Morgan fingerprint density at radius 3 is 1.80 bits per heavy atom. The number of nitrogens with zero attached hydrogens (tertiary/aromatic N) is 1. The lowest BCUT2D eigenvalue weighted by atomic mass is 10.1. The van der Waals surface area contributed by atoms with Crippen molar-refractivity contribution in [2.45, 2.75) is 24.5 Å². The molecular weight excluding hydrogens is 642 g/mol. The van der Waals surface area contributed by atoms with Gasteiger partial charge in [-0.05, 0) is 60.0 Å². The molecule has 0 radical (unpaired) electrons. The molecule has 0 amide bonds. The summed E-state index contributed by atoms with van der Waals surface area (Å²) in [5.74, 6) is -2.05. The summed E-state index contributed by atoms with van der Waals surface area (Å²) in [7, 11) is 0. The molecule has 45 heavy (non-hydrogen) atoms. The van der Waals surface area contributed by atoms with Crippen molar-refractivity contribution in [3.63, 3.8) is 0 Å². The Labute approximate surface area is 266 Å². The average Bonchev–Trinajstić information content (AvgIpc) is 3.40. The molecule has 4 aromatic carbocycles. The van der Waals surface area contributed by atoms with Crippen molar-refractivity contribution in [1.82, 2.24) is 4.57 Å². The topological polar surface area (TPSA) is 110 Å². The molecule has 0 saturated carbocycles. The van der Waals surface area contributed by atoms with E-state index in [-0.39, 0.29) is 17.7 Å². The molecule has 226 valence electrons. The van der Waals surface area contributed by atoms with E-state index in [1.807, 2.05) is 6.07 Å². The van der Waals surface area contributed by atoms with E-state index in [1.54, 1.807) is 109 Å². The lowest BCUT2D eigenvalue weighted by Crippen LogP contribution is -2.42. The van der Waals surface area contributed by atoms with E-state index in [9.17, 15) is 19.2 Å². The number of halogens is 1. The highest BCUT2D eigenvalue weighted by molar-refractivity contribution is 9.10. The number of pyridine rings is 1. The van der Waals surface area contributed by atoms with E-state index in [2.05, 4.69) is 15.9 Å². The maximum atomic E-state index is 13.8. The number of hydrogen-bond acceptors (Lipinski definition) is 8. The number of carbonyl (C=O) groups excluding carboxylic acids is 3. The Kier molecular flexibility index (Phi) is 8.86. The lowest BCUT2D eigenvalue weighted by molar-refractivity contribution is -0.0632. The minimum Gasteiger partial charge on any atom is -0.459 e. The average molecular weight is 668 g/mol. The Morgan fingerprint density at radius 2 is 1.22 bits per heavy atom. The molecular formula is C35H26BrNO8. The maximum Gasteiger partial charge on any atom is 0.338 e. The fourth-order valence-corrected chi connectivity index (χ4v) is 5.47. The first-order chi connectivity index (χ1) is 21.9. The van der Waals surface area contributed by atoms with Crippen LogP contribution in [-0.4, -0.2) is 47.4 Å². The van der Waals surface area contributed by atoms with E-state index in [0.29, 0.717) is 20.8 Å². The predicted octanol–water partition coefficient (Wildman–Crippen LogP) is 5.97. The summed E-state index contributed by atoms with van der Waals surface area (Å²) >= 11 is 3.41. The number of ether oxygens (including phenoxy) is 4. The van der Waals surface area contributed by atoms with Crippen LogP contribution in [0.15, 0.2) is 131 Å². The van der Waals surface area contributed by atoms with Crippen molar-refractivity contribution in [2.75, 3.05) is 6.61 Å². The minimum absolute atomic E-state index is 0.248. The van der Waals surface area contributed by atoms with E-state index in [4.69, 9.17) is 18.9 Å². The van der Waals surface area contributed by atoms with Crippen LogP contribution in [0.3, 0.4) is 0 Å². The van der Waals surface area contributed by atoms with Gasteiger partial charge in [0.1, 0.15) is 12.7 Å². The summed E-state index contributed by atoms with van der Waals surface area (Å²) < 4.78 is 25.8. The van der Waals surface area contributed by atoms with Gasteiger partial charge < -0.3 is 18.9 Å². The second-order valence-electron chi connectivity index (χ2n) is 10.3. The summed E-state index contributed by atoms with van der Waals surface area (Å²) in [5, 5.41) is 1.08. The van der Waals surface area contributed by atoms with Gasteiger partial charge in [-0.25, -0.2) is 14.4 Å². The molecule has 0 spiro atoms. The molecule has 6 rings (SSSR count). The third kappa shape index (κ3) is 6.57. The van der Waals surface area contributed by atoms with E-state index >= 15 is 0 Å². The zero-order valence-electron chi connectivity index (χ0n) is 23.7. The van der Waals surface area contributed by atoms with Crippen molar-refractivity contribution in [2.24, 2.45) is 0 Å². The van der Waals surface area contributed by atoms with E-state index in [0.717, 1.165) is 0 Å². The van der Waals surface area contributed by atoms with Crippen molar-refractivity contribution in [3.05, 3.63) is 153 Å². The number of aromatic nitrogens is 1. The molecule has 10 heteroatoms. The van der Waals surface area contributed by atoms with Crippen LogP contribution in [0.25, 0.3) is 10.8 Å². The number of benzene rings is 4. The number of fused-ring (bicyclic) bond motifs is 1. The molecule has 9 nitrogen and oxygen atoms in total. The fourth-order valence-electron chi connectivity index (χ4n) is 5.11. The van der Waals surface area contributed by atoms with Crippen LogP contribution in [-0.2, 0) is 18.9 Å².